The Balaban J connectivity index is 1.38. The first-order valence-corrected chi connectivity index (χ1v) is 12.7. The first kappa shape index (κ1) is 20.3. The summed E-state index contributed by atoms with van der Waals surface area (Å²) in [5.74, 6) is 0.929. The van der Waals surface area contributed by atoms with Crippen LogP contribution >= 0.6 is 0 Å². The standard InChI is InChI=1S/C35H22N2/c1-2-12-26-24(10-1)25-11-3-4-13-27(25)31-22-23(20-21-28(26)31)32-16-9-19-35(36-32)37-33-17-7-5-14-29(33)30-15-6-8-18-34(30)37/h1-22H. The van der Waals surface area contributed by atoms with Gasteiger partial charge in [0.25, 0.3) is 0 Å². The number of hydrogen-bond acceptors (Lipinski definition) is 1. The van der Waals surface area contributed by atoms with E-state index in [1.807, 2.05) is 0 Å². The van der Waals surface area contributed by atoms with Crippen LogP contribution in [0, 0.1) is 0 Å². The van der Waals surface area contributed by atoms with E-state index < -0.39 is 0 Å². The number of aromatic nitrogens is 2. The first-order chi connectivity index (χ1) is 18.4. The second-order valence-corrected chi connectivity index (χ2v) is 9.60. The van der Waals surface area contributed by atoms with Crippen LogP contribution < -0.4 is 0 Å². The van der Waals surface area contributed by atoms with Gasteiger partial charge >= 0.3 is 0 Å². The van der Waals surface area contributed by atoms with Crippen LogP contribution in [-0.2, 0) is 0 Å². The van der Waals surface area contributed by atoms with Gasteiger partial charge in [-0.25, -0.2) is 4.98 Å². The summed E-state index contributed by atoms with van der Waals surface area (Å²) in [5.41, 5.74) is 4.43. The highest BCUT2D eigenvalue weighted by Gasteiger charge is 2.14. The predicted molar refractivity (Wildman–Crippen MR) is 157 cm³/mol. The highest BCUT2D eigenvalue weighted by molar-refractivity contribution is 6.25. The van der Waals surface area contributed by atoms with Crippen LogP contribution in [0.1, 0.15) is 0 Å². The zero-order valence-corrected chi connectivity index (χ0v) is 20.1. The topological polar surface area (TPSA) is 17.8 Å². The fraction of sp³-hybridized carbons (Fsp3) is 0. The van der Waals surface area contributed by atoms with Crippen molar-refractivity contribution in [1.82, 2.24) is 9.55 Å². The van der Waals surface area contributed by atoms with Gasteiger partial charge in [-0.3, -0.25) is 4.57 Å². The maximum absolute atomic E-state index is 5.20. The van der Waals surface area contributed by atoms with Gasteiger partial charge in [-0.05, 0) is 62.6 Å². The highest BCUT2D eigenvalue weighted by Crippen LogP contribution is 2.37. The molecular weight excluding hydrogens is 448 g/mol. The number of pyridine rings is 1. The van der Waals surface area contributed by atoms with Gasteiger partial charge in [0.1, 0.15) is 5.82 Å². The van der Waals surface area contributed by atoms with E-state index in [-0.39, 0.29) is 0 Å². The Morgan fingerprint density at radius 3 is 1.46 bits per heavy atom. The summed E-state index contributed by atoms with van der Waals surface area (Å²) in [6, 6.07) is 47.7. The molecule has 0 bridgehead atoms. The third-order valence-corrected chi connectivity index (χ3v) is 7.58. The summed E-state index contributed by atoms with van der Waals surface area (Å²) in [4.78, 5) is 5.20. The number of para-hydroxylation sites is 2. The molecule has 0 saturated carbocycles. The van der Waals surface area contributed by atoms with Crippen molar-refractivity contribution >= 4 is 54.1 Å². The number of rotatable bonds is 2. The van der Waals surface area contributed by atoms with E-state index >= 15 is 0 Å². The third kappa shape index (κ3) is 2.96. The lowest BCUT2D eigenvalue weighted by Gasteiger charge is -2.13. The van der Waals surface area contributed by atoms with Gasteiger partial charge in [-0.15, -0.1) is 0 Å². The fourth-order valence-corrected chi connectivity index (χ4v) is 5.94. The minimum absolute atomic E-state index is 0.929. The molecular formula is C35H22N2. The lowest BCUT2D eigenvalue weighted by atomic mass is 9.93. The monoisotopic (exact) mass is 470 g/mol. The van der Waals surface area contributed by atoms with Crippen molar-refractivity contribution in [3.63, 3.8) is 0 Å². The Labute approximate surface area is 214 Å². The number of nitrogens with zero attached hydrogens (tertiary/aromatic N) is 2. The minimum Gasteiger partial charge on any atom is -0.294 e. The Morgan fingerprint density at radius 1 is 0.378 bits per heavy atom. The van der Waals surface area contributed by atoms with Crippen molar-refractivity contribution in [3.8, 4) is 17.1 Å². The molecule has 2 nitrogen and oxygen atoms in total. The van der Waals surface area contributed by atoms with E-state index in [4.69, 9.17) is 4.98 Å². The lowest BCUT2D eigenvalue weighted by molar-refractivity contribution is 1.08. The van der Waals surface area contributed by atoms with Crippen molar-refractivity contribution in [1.29, 1.82) is 0 Å². The molecule has 8 aromatic rings. The van der Waals surface area contributed by atoms with Gasteiger partial charge in [-0.1, -0.05) is 103 Å². The summed E-state index contributed by atoms with van der Waals surface area (Å²) >= 11 is 0. The molecule has 172 valence electrons. The van der Waals surface area contributed by atoms with Crippen molar-refractivity contribution in [2.24, 2.45) is 0 Å². The molecule has 8 rings (SSSR count). The highest BCUT2D eigenvalue weighted by atomic mass is 15.1. The summed E-state index contributed by atoms with van der Waals surface area (Å²) in [6.45, 7) is 0. The average Bonchev–Trinajstić information content (AvgIpc) is 3.32. The molecule has 0 spiro atoms. The van der Waals surface area contributed by atoms with Crippen LogP contribution in [0.2, 0.25) is 0 Å². The zero-order valence-electron chi connectivity index (χ0n) is 20.1. The summed E-state index contributed by atoms with van der Waals surface area (Å²) in [5, 5.41) is 10.2. The molecule has 0 aliphatic rings. The molecule has 2 heteroatoms. The van der Waals surface area contributed by atoms with Crippen LogP contribution in [0.15, 0.2) is 133 Å². The van der Waals surface area contributed by atoms with E-state index in [1.165, 1.54) is 54.1 Å². The molecule has 0 fully saturated rings. The van der Waals surface area contributed by atoms with E-state index in [2.05, 4.69) is 138 Å². The van der Waals surface area contributed by atoms with Gasteiger partial charge in [0, 0.05) is 16.3 Å². The molecule has 0 aliphatic carbocycles. The fourth-order valence-electron chi connectivity index (χ4n) is 5.94. The molecule has 0 aliphatic heterocycles. The predicted octanol–water partition coefficient (Wildman–Crippen LogP) is 9.31. The van der Waals surface area contributed by atoms with Crippen LogP contribution in [0.5, 0.6) is 0 Å². The van der Waals surface area contributed by atoms with Gasteiger partial charge in [-0.2, -0.15) is 0 Å². The van der Waals surface area contributed by atoms with Crippen LogP contribution in [0.3, 0.4) is 0 Å². The molecule has 6 aromatic carbocycles. The number of benzene rings is 6. The van der Waals surface area contributed by atoms with Crippen LogP contribution in [0.4, 0.5) is 0 Å². The maximum atomic E-state index is 5.20. The molecule has 2 heterocycles. The van der Waals surface area contributed by atoms with Crippen molar-refractivity contribution in [2.45, 2.75) is 0 Å². The minimum atomic E-state index is 0.929. The summed E-state index contributed by atoms with van der Waals surface area (Å²) in [6.07, 6.45) is 0. The Bertz CT molecular complexity index is 2060. The zero-order chi connectivity index (χ0) is 24.3. The van der Waals surface area contributed by atoms with E-state index in [1.54, 1.807) is 0 Å². The van der Waals surface area contributed by atoms with Gasteiger partial charge in [0.05, 0.1) is 16.7 Å². The van der Waals surface area contributed by atoms with E-state index in [0.29, 0.717) is 0 Å². The molecule has 0 radical (unpaired) electrons. The number of hydrogen-bond donors (Lipinski definition) is 0. The maximum Gasteiger partial charge on any atom is 0.138 e. The quantitative estimate of drug-likeness (QED) is 0.230. The third-order valence-electron chi connectivity index (χ3n) is 7.58. The normalized spacial score (nSPS) is 11.8. The molecule has 0 N–H and O–H groups in total. The smallest absolute Gasteiger partial charge is 0.138 e. The molecule has 0 unspecified atom stereocenters. The summed E-state index contributed by atoms with van der Waals surface area (Å²) in [7, 11) is 0. The van der Waals surface area contributed by atoms with Crippen LogP contribution in [0.25, 0.3) is 71.2 Å². The van der Waals surface area contributed by atoms with E-state index in [9.17, 15) is 0 Å². The van der Waals surface area contributed by atoms with Crippen molar-refractivity contribution < 1.29 is 0 Å². The van der Waals surface area contributed by atoms with Crippen LogP contribution in [-0.4, -0.2) is 9.55 Å². The molecule has 0 amide bonds. The van der Waals surface area contributed by atoms with Crippen molar-refractivity contribution in [2.75, 3.05) is 0 Å². The largest absolute Gasteiger partial charge is 0.294 e. The molecule has 2 aromatic heterocycles. The van der Waals surface area contributed by atoms with E-state index in [0.717, 1.165) is 17.1 Å². The number of fused-ring (bicyclic) bond motifs is 9. The molecule has 0 saturated heterocycles. The van der Waals surface area contributed by atoms with Gasteiger partial charge < -0.3 is 0 Å². The lowest BCUT2D eigenvalue weighted by Crippen LogP contribution is -1.98. The Hall–Kier alpha value is -4.95. The van der Waals surface area contributed by atoms with Crippen molar-refractivity contribution in [3.05, 3.63) is 133 Å². The second kappa shape index (κ2) is 7.78. The van der Waals surface area contributed by atoms with Gasteiger partial charge in [0.15, 0.2) is 0 Å². The average molecular weight is 471 g/mol. The molecule has 0 atom stereocenters. The Morgan fingerprint density at radius 2 is 0.865 bits per heavy atom. The summed E-state index contributed by atoms with van der Waals surface area (Å²) < 4.78 is 2.28. The second-order valence-electron chi connectivity index (χ2n) is 9.60. The Kier molecular flexibility index (Phi) is 4.26. The SMILES string of the molecule is c1cc(-c2ccc3c4ccccc4c4ccccc4c3c2)nc(-n2c3ccccc3c3ccccc32)c1. The first-order valence-electron chi connectivity index (χ1n) is 12.7. The molecule has 37 heavy (non-hydrogen) atoms. The van der Waals surface area contributed by atoms with Gasteiger partial charge in [0.2, 0.25) is 0 Å².